The summed E-state index contributed by atoms with van der Waals surface area (Å²) in [5.41, 5.74) is 0.101. The molecule has 20 heavy (non-hydrogen) atoms. The van der Waals surface area contributed by atoms with E-state index in [9.17, 15) is 9.90 Å². The largest absolute Gasteiger partial charge is 0.388 e. The van der Waals surface area contributed by atoms with Crippen LogP contribution in [-0.2, 0) is 10.2 Å². The summed E-state index contributed by atoms with van der Waals surface area (Å²) >= 11 is 0. The van der Waals surface area contributed by atoms with Gasteiger partial charge in [-0.1, -0.05) is 43.2 Å². The average Bonchev–Trinajstić information content (AvgIpc) is 2.94. The van der Waals surface area contributed by atoms with E-state index >= 15 is 0 Å². The maximum atomic E-state index is 12.7. The number of carbonyl (C=O) groups is 1. The second-order valence-corrected chi connectivity index (χ2v) is 6.42. The van der Waals surface area contributed by atoms with Gasteiger partial charge in [-0.05, 0) is 37.7 Å². The Morgan fingerprint density at radius 2 is 1.70 bits per heavy atom. The van der Waals surface area contributed by atoms with E-state index in [2.05, 4.69) is 17.4 Å². The second kappa shape index (κ2) is 5.21. The van der Waals surface area contributed by atoms with E-state index in [1.165, 1.54) is 0 Å². The third kappa shape index (κ3) is 2.35. The smallest absolute Gasteiger partial charge is 0.230 e. The van der Waals surface area contributed by atoms with Crippen LogP contribution in [0.4, 0.5) is 0 Å². The van der Waals surface area contributed by atoms with Gasteiger partial charge in [-0.2, -0.15) is 0 Å². The number of amides is 1. The number of benzene rings is 1. The summed E-state index contributed by atoms with van der Waals surface area (Å²) in [7, 11) is 0. The minimum atomic E-state index is -0.647. The topological polar surface area (TPSA) is 49.3 Å². The van der Waals surface area contributed by atoms with E-state index in [1.807, 2.05) is 18.2 Å². The van der Waals surface area contributed by atoms with Crippen molar-refractivity contribution < 1.29 is 9.90 Å². The lowest BCUT2D eigenvalue weighted by Gasteiger charge is -2.38. The van der Waals surface area contributed by atoms with Gasteiger partial charge in [-0.15, -0.1) is 0 Å². The lowest BCUT2D eigenvalue weighted by molar-refractivity contribution is -0.129. The summed E-state index contributed by atoms with van der Waals surface area (Å²) in [6.07, 6.45) is 6.73. The molecule has 108 valence electrons. The Labute approximate surface area is 120 Å². The van der Waals surface area contributed by atoms with Crippen molar-refractivity contribution in [1.29, 1.82) is 0 Å². The number of rotatable bonds is 4. The van der Waals surface area contributed by atoms with Crippen LogP contribution in [0, 0.1) is 0 Å². The van der Waals surface area contributed by atoms with E-state index in [4.69, 9.17) is 0 Å². The summed E-state index contributed by atoms with van der Waals surface area (Å²) in [5.74, 6) is 0.0986. The summed E-state index contributed by atoms with van der Waals surface area (Å²) in [4.78, 5) is 12.7. The minimum absolute atomic E-state index is 0.0986. The molecule has 0 heterocycles. The highest BCUT2D eigenvalue weighted by Crippen LogP contribution is 2.41. The van der Waals surface area contributed by atoms with Crippen molar-refractivity contribution in [2.45, 2.75) is 56.0 Å². The number of hydrogen-bond acceptors (Lipinski definition) is 2. The van der Waals surface area contributed by atoms with Crippen LogP contribution in [0.2, 0.25) is 0 Å². The van der Waals surface area contributed by atoms with Crippen molar-refractivity contribution in [3.05, 3.63) is 35.9 Å². The Balaban J connectivity index is 1.75. The first kappa shape index (κ1) is 13.6. The zero-order chi connectivity index (χ0) is 14.1. The molecule has 1 amide bonds. The fraction of sp³-hybridized carbons (Fsp3) is 0.588. The Kier molecular flexibility index (Phi) is 3.55. The van der Waals surface area contributed by atoms with Crippen LogP contribution in [0.3, 0.4) is 0 Å². The zero-order valence-electron chi connectivity index (χ0n) is 11.9. The molecule has 2 aliphatic carbocycles. The Hall–Kier alpha value is -1.35. The molecule has 0 radical (unpaired) electrons. The Bertz CT molecular complexity index is 473. The van der Waals surface area contributed by atoms with Gasteiger partial charge in [0.2, 0.25) is 5.91 Å². The second-order valence-electron chi connectivity index (χ2n) is 6.42. The third-order valence-corrected chi connectivity index (χ3v) is 5.08. The van der Waals surface area contributed by atoms with Gasteiger partial charge in [-0.25, -0.2) is 0 Å². The Morgan fingerprint density at radius 3 is 2.25 bits per heavy atom. The molecule has 0 unspecified atom stereocenters. The van der Waals surface area contributed by atoms with E-state index in [0.717, 1.165) is 50.5 Å². The first-order chi connectivity index (χ1) is 9.65. The summed E-state index contributed by atoms with van der Waals surface area (Å²) < 4.78 is 0. The molecule has 1 aromatic carbocycles. The van der Waals surface area contributed by atoms with E-state index in [1.54, 1.807) is 0 Å². The van der Waals surface area contributed by atoms with Gasteiger partial charge in [0.05, 0.1) is 11.0 Å². The zero-order valence-corrected chi connectivity index (χ0v) is 11.9. The average molecular weight is 273 g/mol. The molecular weight excluding hydrogens is 250 g/mol. The van der Waals surface area contributed by atoms with Crippen molar-refractivity contribution >= 4 is 5.91 Å². The first-order valence-corrected chi connectivity index (χ1v) is 7.71. The van der Waals surface area contributed by atoms with Crippen LogP contribution in [0.15, 0.2) is 30.3 Å². The number of aliphatic hydroxyl groups is 1. The van der Waals surface area contributed by atoms with Crippen molar-refractivity contribution in [3.8, 4) is 0 Å². The minimum Gasteiger partial charge on any atom is -0.388 e. The van der Waals surface area contributed by atoms with Crippen LogP contribution in [0.5, 0.6) is 0 Å². The standard InChI is InChI=1S/C17H23NO2/c19-15(18-13-16(20)9-6-10-16)17(11-4-5-12-17)14-7-2-1-3-8-14/h1-3,7-8,20H,4-6,9-13H2,(H,18,19). The summed E-state index contributed by atoms with van der Waals surface area (Å²) in [6.45, 7) is 0.403. The number of nitrogens with one attached hydrogen (secondary N) is 1. The van der Waals surface area contributed by atoms with Crippen molar-refractivity contribution in [2.75, 3.05) is 6.54 Å². The normalized spacial score (nSPS) is 23.1. The van der Waals surface area contributed by atoms with Gasteiger partial charge < -0.3 is 10.4 Å². The molecule has 0 bridgehead atoms. The van der Waals surface area contributed by atoms with Gasteiger partial charge >= 0.3 is 0 Å². The molecule has 0 aliphatic heterocycles. The molecule has 1 aromatic rings. The van der Waals surface area contributed by atoms with Crippen LogP contribution in [0.25, 0.3) is 0 Å². The fourth-order valence-corrected chi connectivity index (χ4v) is 3.56. The maximum absolute atomic E-state index is 12.7. The highest BCUT2D eigenvalue weighted by molar-refractivity contribution is 5.88. The van der Waals surface area contributed by atoms with Crippen molar-refractivity contribution in [3.63, 3.8) is 0 Å². The molecule has 3 rings (SSSR count). The molecule has 0 spiro atoms. The van der Waals surface area contributed by atoms with E-state index in [0.29, 0.717) is 6.54 Å². The molecule has 3 heteroatoms. The van der Waals surface area contributed by atoms with Gasteiger partial charge in [-0.3, -0.25) is 4.79 Å². The summed E-state index contributed by atoms with van der Waals surface area (Å²) in [5, 5.41) is 13.2. The molecule has 3 nitrogen and oxygen atoms in total. The van der Waals surface area contributed by atoms with Crippen molar-refractivity contribution in [2.24, 2.45) is 0 Å². The van der Waals surface area contributed by atoms with Crippen molar-refractivity contribution in [1.82, 2.24) is 5.32 Å². The maximum Gasteiger partial charge on any atom is 0.230 e. The number of carbonyl (C=O) groups excluding carboxylic acids is 1. The van der Waals surface area contributed by atoms with Gasteiger partial charge in [0.15, 0.2) is 0 Å². The van der Waals surface area contributed by atoms with E-state index < -0.39 is 5.60 Å². The lowest BCUT2D eigenvalue weighted by atomic mass is 9.77. The molecule has 2 fully saturated rings. The fourth-order valence-electron chi connectivity index (χ4n) is 3.56. The number of hydrogen-bond donors (Lipinski definition) is 2. The molecule has 2 N–H and O–H groups in total. The molecule has 2 saturated carbocycles. The molecular formula is C17H23NO2. The SMILES string of the molecule is O=C(NCC1(O)CCC1)C1(c2ccccc2)CCCC1. The highest BCUT2D eigenvalue weighted by atomic mass is 16.3. The molecule has 0 atom stereocenters. The van der Waals surface area contributed by atoms with Crippen LogP contribution >= 0.6 is 0 Å². The predicted molar refractivity (Wildman–Crippen MR) is 78.4 cm³/mol. The Morgan fingerprint density at radius 1 is 1.05 bits per heavy atom. The van der Waals surface area contributed by atoms with Crippen LogP contribution < -0.4 is 5.32 Å². The molecule has 2 aliphatic rings. The van der Waals surface area contributed by atoms with Crippen LogP contribution in [-0.4, -0.2) is 23.2 Å². The monoisotopic (exact) mass is 273 g/mol. The predicted octanol–water partition coefficient (Wildman–Crippen LogP) is 2.53. The lowest BCUT2D eigenvalue weighted by Crippen LogP contribution is -2.52. The quantitative estimate of drug-likeness (QED) is 0.885. The first-order valence-electron chi connectivity index (χ1n) is 7.71. The van der Waals surface area contributed by atoms with Gasteiger partial charge in [0.25, 0.3) is 0 Å². The summed E-state index contributed by atoms with van der Waals surface area (Å²) in [6, 6.07) is 10.1. The van der Waals surface area contributed by atoms with Gasteiger partial charge in [0.1, 0.15) is 0 Å². The highest BCUT2D eigenvalue weighted by Gasteiger charge is 2.44. The van der Waals surface area contributed by atoms with E-state index in [-0.39, 0.29) is 11.3 Å². The third-order valence-electron chi connectivity index (χ3n) is 5.08. The van der Waals surface area contributed by atoms with Gasteiger partial charge in [0, 0.05) is 6.54 Å². The molecule has 0 aromatic heterocycles. The van der Waals surface area contributed by atoms with Crippen LogP contribution in [0.1, 0.15) is 50.5 Å². The molecule has 0 saturated heterocycles.